The third kappa shape index (κ3) is 15.5. The van der Waals surface area contributed by atoms with Crippen LogP contribution in [0.25, 0.3) is 0 Å². The SMILES string of the molecule is CCOC(=O)c1cn(CC(F)CCn2ccc(N)c(F)c2=O)nn1.CCOC(=O)c1cn(CC(F)CCn2ccc(NC(=O)CC3CCC3)c(F)c2=O)nn1.O=C(O)CC1CCC1. The van der Waals surface area contributed by atoms with Crippen LogP contribution in [-0.4, -0.2) is 93.6 Å². The number of aryl methyl sites for hydroxylation is 2. The smallest absolute Gasteiger partial charge is 0.360 e. The highest BCUT2D eigenvalue weighted by Crippen LogP contribution is 2.30. The Labute approximate surface area is 358 Å². The first-order valence-electron chi connectivity index (χ1n) is 20.6. The van der Waals surface area contributed by atoms with E-state index in [0.717, 1.165) is 41.2 Å². The number of carbonyl (C=O) groups is 4. The van der Waals surface area contributed by atoms with Crippen molar-refractivity contribution in [2.45, 2.75) is 117 Å². The molecule has 344 valence electrons. The lowest BCUT2D eigenvalue weighted by atomic mass is 9.83. The highest BCUT2D eigenvalue weighted by molar-refractivity contribution is 5.91. The highest BCUT2D eigenvalue weighted by Gasteiger charge is 2.23. The second kappa shape index (κ2) is 24.3. The Kier molecular flexibility index (Phi) is 19.0. The topological polar surface area (TPSA) is 250 Å². The number of ether oxygens (including phenoxy) is 2. The zero-order valence-corrected chi connectivity index (χ0v) is 35.0. The molecule has 2 aliphatic rings. The average Bonchev–Trinajstić information content (AvgIpc) is 3.89. The van der Waals surface area contributed by atoms with E-state index < -0.39 is 53.0 Å². The Morgan fingerprint density at radius 1 is 0.778 bits per heavy atom. The molecule has 0 radical (unpaired) electrons. The molecule has 2 atom stereocenters. The third-order valence-electron chi connectivity index (χ3n) is 10.1. The van der Waals surface area contributed by atoms with Gasteiger partial charge in [0.15, 0.2) is 11.4 Å². The monoisotopic (exact) mass is 892 g/mol. The number of aromatic nitrogens is 8. The molecule has 2 aliphatic carbocycles. The maximum absolute atomic E-state index is 14.4. The van der Waals surface area contributed by atoms with Crippen LogP contribution in [0.1, 0.15) is 99.0 Å². The number of carbonyl (C=O) groups excluding carboxylic acids is 3. The number of anilines is 2. The fourth-order valence-corrected chi connectivity index (χ4v) is 6.18. The predicted molar refractivity (Wildman–Crippen MR) is 217 cm³/mol. The molecule has 19 nitrogen and oxygen atoms in total. The Balaban J connectivity index is 0.000000240. The molecule has 23 heteroatoms. The number of nitrogens with two attached hydrogens (primary N) is 1. The molecule has 0 aromatic carbocycles. The Morgan fingerprint density at radius 3 is 1.67 bits per heavy atom. The highest BCUT2D eigenvalue weighted by atomic mass is 19.1. The van der Waals surface area contributed by atoms with Gasteiger partial charge in [-0.05, 0) is 76.3 Å². The number of pyridine rings is 2. The number of hydrogen-bond donors (Lipinski definition) is 3. The summed E-state index contributed by atoms with van der Waals surface area (Å²) in [5.74, 6) is -3.54. The summed E-state index contributed by atoms with van der Waals surface area (Å²) in [6, 6.07) is 2.54. The van der Waals surface area contributed by atoms with E-state index in [1.807, 2.05) is 0 Å². The normalized spacial score (nSPS) is 14.4. The molecule has 4 N–H and O–H groups in total. The molecule has 1 amide bonds. The summed E-state index contributed by atoms with van der Waals surface area (Å²) in [5.41, 5.74) is 2.99. The van der Waals surface area contributed by atoms with Crippen LogP contribution in [0.3, 0.4) is 0 Å². The standard InChI is InChI=1S/C20H25F2N5O4.C14H17F2N5O3.C6H10O2/c1-2-31-20(30)16-12-27(25-24-16)11-14(21)6-8-26-9-7-15(18(22)19(26)29)23-17(28)10-13-4-3-5-13;1-2-24-14(23)11-8-21(19-18-11)7-9(15)3-5-20-6-4-10(17)12(16)13(20)22;7-6(8)4-5-2-1-3-5/h7,9,12-14H,2-6,8,10-11H2,1H3,(H,23,28);4,6,8-9H,2-3,5,7,17H2,1H3;5H,1-4H2,(H,7,8). The molecule has 6 rings (SSSR count). The molecule has 0 spiro atoms. The largest absolute Gasteiger partial charge is 0.481 e. The van der Waals surface area contributed by atoms with Crippen molar-refractivity contribution in [3.8, 4) is 0 Å². The number of alkyl halides is 2. The molecule has 4 aromatic rings. The quantitative estimate of drug-likeness (QED) is 0.0876. The number of rotatable bonds is 19. The Bertz CT molecular complexity index is 2270. The fourth-order valence-electron chi connectivity index (χ4n) is 6.18. The zero-order chi connectivity index (χ0) is 46.1. The lowest BCUT2D eigenvalue weighted by Crippen LogP contribution is -2.27. The maximum atomic E-state index is 14.4. The van der Waals surface area contributed by atoms with Gasteiger partial charge in [-0.2, -0.15) is 8.78 Å². The molecule has 63 heavy (non-hydrogen) atoms. The minimum atomic E-state index is -1.41. The number of hydrogen-bond acceptors (Lipinski definition) is 13. The molecule has 0 saturated heterocycles. The van der Waals surface area contributed by atoms with Crippen molar-refractivity contribution in [3.63, 3.8) is 0 Å². The summed E-state index contributed by atoms with van der Waals surface area (Å²) in [4.78, 5) is 68.8. The van der Waals surface area contributed by atoms with Gasteiger partial charge in [0.1, 0.15) is 12.3 Å². The number of halogens is 4. The summed E-state index contributed by atoms with van der Waals surface area (Å²) in [5, 5.41) is 25.2. The van der Waals surface area contributed by atoms with Gasteiger partial charge >= 0.3 is 17.9 Å². The number of carboxylic acids is 1. The van der Waals surface area contributed by atoms with Crippen LogP contribution in [0.15, 0.2) is 46.5 Å². The maximum Gasteiger partial charge on any atom is 0.360 e. The first kappa shape index (κ1) is 49.2. The molecule has 2 saturated carbocycles. The summed E-state index contributed by atoms with van der Waals surface area (Å²) in [7, 11) is 0. The third-order valence-corrected chi connectivity index (χ3v) is 10.1. The Hall–Kier alpha value is -6.42. The number of amides is 1. The van der Waals surface area contributed by atoms with E-state index in [2.05, 4.69) is 25.9 Å². The van der Waals surface area contributed by atoms with Gasteiger partial charge in [-0.3, -0.25) is 19.2 Å². The number of nitrogens with zero attached hydrogens (tertiary/aromatic N) is 8. The van der Waals surface area contributed by atoms with E-state index in [9.17, 15) is 46.3 Å². The summed E-state index contributed by atoms with van der Waals surface area (Å²) in [6.45, 7) is 3.28. The van der Waals surface area contributed by atoms with Crippen molar-refractivity contribution in [2.24, 2.45) is 11.8 Å². The minimum absolute atomic E-state index is 0.0131. The minimum Gasteiger partial charge on any atom is -0.481 e. The number of carboxylic acid groups (broad SMARTS) is 1. The van der Waals surface area contributed by atoms with Gasteiger partial charge in [-0.1, -0.05) is 23.3 Å². The lowest BCUT2D eigenvalue weighted by molar-refractivity contribution is -0.138. The molecule has 2 fully saturated rings. The van der Waals surface area contributed by atoms with E-state index in [1.54, 1.807) is 13.8 Å². The van der Waals surface area contributed by atoms with Crippen molar-refractivity contribution < 1.29 is 51.3 Å². The van der Waals surface area contributed by atoms with Gasteiger partial charge in [-0.25, -0.2) is 27.7 Å². The van der Waals surface area contributed by atoms with Gasteiger partial charge in [0.05, 0.1) is 50.1 Å². The number of esters is 2. The van der Waals surface area contributed by atoms with Gasteiger partial charge in [0.25, 0.3) is 11.1 Å². The number of aliphatic carboxylic acids is 1. The van der Waals surface area contributed by atoms with Gasteiger partial charge in [0.2, 0.25) is 17.5 Å². The molecule has 4 heterocycles. The molecule has 0 bridgehead atoms. The fraction of sp³-hybridized carbons (Fsp3) is 0.550. The zero-order valence-electron chi connectivity index (χ0n) is 35.0. The second-order valence-corrected chi connectivity index (χ2v) is 14.9. The first-order valence-corrected chi connectivity index (χ1v) is 20.6. The summed E-state index contributed by atoms with van der Waals surface area (Å²) < 4.78 is 70.0. The summed E-state index contributed by atoms with van der Waals surface area (Å²) >= 11 is 0. The molecule has 0 aliphatic heterocycles. The van der Waals surface area contributed by atoms with Gasteiger partial charge in [-0.15, -0.1) is 10.2 Å². The van der Waals surface area contributed by atoms with Crippen LogP contribution in [0.5, 0.6) is 0 Å². The van der Waals surface area contributed by atoms with Crippen LogP contribution in [0.2, 0.25) is 0 Å². The van der Waals surface area contributed by atoms with Gasteiger partial charge < -0.3 is 34.8 Å². The van der Waals surface area contributed by atoms with Crippen LogP contribution in [-0.2, 0) is 45.2 Å². The van der Waals surface area contributed by atoms with Crippen LogP contribution in [0, 0.1) is 23.5 Å². The number of nitrogens with one attached hydrogen (secondary N) is 1. The Morgan fingerprint density at radius 2 is 1.24 bits per heavy atom. The van der Waals surface area contributed by atoms with Crippen molar-refractivity contribution >= 4 is 35.2 Å². The van der Waals surface area contributed by atoms with Crippen LogP contribution < -0.4 is 22.2 Å². The average molecular weight is 893 g/mol. The van der Waals surface area contributed by atoms with Crippen molar-refractivity contribution in [1.29, 1.82) is 0 Å². The van der Waals surface area contributed by atoms with Crippen molar-refractivity contribution in [1.82, 2.24) is 39.1 Å². The molecule has 2 unspecified atom stereocenters. The van der Waals surface area contributed by atoms with E-state index in [0.29, 0.717) is 24.7 Å². The molecular formula is C40H52F4N10O9. The second-order valence-electron chi connectivity index (χ2n) is 14.9. The molecule has 4 aromatic heterocycles. The van der Waals surface area contributed by atoms with Crippen LogP contribution in [0.4, 0.5) is 28.9 Å². The van der Waals surface area contributed by atoms with Crippen molar-refractivity contribution in [2.75, 3.05) is 24.3 Å². The van der Waals surface area contributed by atoms with E-state index >= 15 is 0 Å². The van der Waals surface area contributed by atoms with E-state index in [1.165, 1.54) is 52.7 Å². The van der Waals surface area contributed by atoms with E-state index in [4.69, 9.17) is 20.3 Å². The van der Waals surface area contributed by atoms with Gasteiger partial charge in [0, 0.05) is 38.3 Å². The predicted octanol–water partition coefficient (Wildman–Crippen LogP) is 4.34. The first-order chi connectivity index (χ1) is 30.1. The van der Waals surface area contributed by atoms with E-state index in [-0.39, 0.29) is 80.9 Å². The molecular weight excluding hydrogens is 840 g/mol. The number of nitrogen functional groups attached to an aromatic ring is 1. The lowest BCUT2D eigenvalue weighted by Gasteiger charge is -2.24. The van der Waals surface area contributed by atoms with Crippen molar-refractivity contribution in [3.05, 3.63) is 80.7 Å². The van der Waals surface area contributed by atoms with Crippen LogP contribution >= 0.6 is 0 Å². The summed E-state index contributed by atoms with van der Waals surface area (Å²) in [6.07, 6.45) is 9.55.